The smallest absolute Gasteiger partial charge is 0.195 e. The Labute approximate surface area is 119 Å². The zero-order valence-corrected chi connectivity index (χ0v) is 12.6. The van der Waals surface area contributed by atoms with Gasteiger partial charge < -0.3 is 0 Å². The molecule has 0 unspecified atom stereocenters. The highest BCUT2D eigenvalue weighted by molar-refractivity contribution is 7.15. The molecule has 0 saturated carbocycles. The van der Waals surface area contributed by atoms with Crippen LogP contribution in [-0.4, -0.2) is 15.7 Å². The third-order valence-electron chi connectivity index (χ3n) is 3.03. The maximum atomic E-state index is 11.5. The van der Waals surface area contributed by atoms with Crippen molar-refractivity contribution in [2.75, 3.05) is 0 Å². The quantitative estimate of drug-likeness (QED) is 0.662. The van der Waals surface area contributed by atoms with E-state index in [9.17, 15) is 4.79 Å². The summed E-state index contributed by atoms with van der Waals surface area (Å²) in [6.07, 6.45) is 0.914. The van der Waals surface area contributed by atoms with E-state index in [1.54, 1.807) is 22.7 Å². The van der Waals surface area contributed by atoms with Crippen LogP contribution in [0.5, 0.6) is 0 Å². The summed E-state index contributed by atoms with van der Waals surface area (Å²) in [5, 5.41) is 4.09. The molecule has 0 aliphatic rings. The normalized spacial score (nSPS) is 12.2. The fourth-order valence-electron chi connectivity index (χ4n) is 2.10. The number of nitrogens with zero attached hydrogens (tertiary/aromatic N) is 2. The number of aromatic nitrogens is 2. The van der Waals surface area contributed by atoms with Crippen LogP contribution in [-0.2, 0) is 5.41 Å². The van der Waals surface area contributed by atoms with Crippen molar-refractivity contribution in [3.05, 3.63) is 34.3 Å². The van der Waals surface area contributed by atoms with E-state index in [4.69, 9.17) is 0 Å². The highest BCUT2D eigenvalue weighted by Crippen LogP contribution is 2.34. The van der Waals surface area contributed by atoms with E-state index in [0.29, 0.717) is 5.69 Å². The summed E-state index contributed by atoms with van der Waals surface area (Å²) in [5.74, 6) is 0. The maximum Gasteiger partial charge on any atom is 0.195 e. The summed E-state index contributed by atoms with van der Waals surface area (Å²) in [6, 6.07) is 3.98. The second-order valence-electron chi connectivity index (χ2n) is 5.43. The third-order valence-corrected chi connectivity index (χ3v) is 4.74. The van der Waals surface area contributed by atoms with Crippen molar-refractivity contribution < 1.29 is 4.79 Å². The van der Waals surface area contributed by atoms with E-state index < -0.39 is 0 Å². The van der Waals surface area contributed by atoms with Crippen molar-refractivity contribution in [2.45, 2.75) is 26.2 Å². The van der Waals surface area contributed by atoms with Crippen molar-refractivity contribution >= 4 is 33.9 Å². The van der Waals surface area contributed by atoms with Crippen LogP contribution < -0.4 is 0 Å². The molecule has 0 atom stereocenters. The summed E-state index contributed by atoms with van der Waals surface area (Å²) in [5.41, 5.74) is 2.57. The fourth-order valence-corrected chi connectivity index (χ4v) is 3.95. The predicted molar refractivity (Wildman–Crippen MR) is 80.5 cm³/mol. The van der Waals surface area contributed by atoms with Crippen molar-refractivity contribution in [2.24, 2.45) is 0 Å². The van der Waals surface area contributed by atoms with Gasteiger partial charge in [-0.25, -0.2) is 4.98 Å². The number of hydrogen-bond acceptors (Lipinski definition) is 4. The Morgan fingerprint density at radius 2 is 2.11 bits per heavy atom. The molecular formula is C14H14N2OS2. The highest BCUT2D eigenvalue weighted by atomic mass is 32.1. The van der Waals surface area contributed by atoms with E-state index in [0.717, 1.165) is 27.5 Å². The van der Waals surface area contributed by atoms with Crippen LogP contribution in [0, 0.1) is 0 Å². The standard InChI is InChI=1S/C14H14N2OS2/c1-14(2,3)11-8-19-13-15-12(9(7-17)16(11)13)10-5-4-6-18-10/h4-8H,1-3H3. The molecule has 0 aromatic carbocycles. The monoisotopic (exact) mass is 290 g/mol. The number of rotatable bonds is 2. The van der Waals surface area contributed by atoms with E-state index >= 15 is 0 Å². The van der Waals surface area contributed by atoms with Gasteiger partial charge in [0.2, 0.25) is 0 Å². The minimum atomic E-state index is -0.0105. The second kappa shape index (κ2) is 4.28. The first-order chi connectivity index (χ1) is 9.02. The molecule has 0 radical (unpaired) electrons. The molecule has 0 aliphatic carbocycles. The Morgan fingerprint density at radius 1 is 1.32 bits per heavy atom. The zero-order chi connectivity index (χ0) is 13.6. The van der Waals surface area contributed by atoms with Gasteiger partial charge in [-0.1, -0.05) is 26.8 Å². The van der Waals surface area contributed by atoms with Gasteiger partial charge in [0.15, 0.2) is 11.2 Å². The Bertz CT molecular complexity index is 730. The van der Waals surface area contributed by atoms with Crippen molar-refractivity contribution in [1.29, 1.82) is 0 Å². The van der Waals surface area contributed by atoms with Gasteiger partial charge >= 0.3 is 0 Å². The number of carbonyl (C=O) groups excluding carboxylic acids is 1. The average molecular weight is 290 g/mol. The van der Waals surface area contributed by atoms with Gasteiger partial charge in [-0.2, -0.15) is 0 Å². The van der Waals surface area contributed by atoms with Gasteiger partial charge in [0, 0.05) is 16.5 Å². The SMILES string of the molecule is CC(C)(C)c1csc2nc(-c3cccs3)c(C=O)n12. The largest absolute Gasteiger partial charge is 0.296 e. The van der Waals surface area contributed by atoms with Crippen molar-refractivity contribution in [3.63, 3.8) is 0 Å². The molecule has 0 spiro atoms. The number of carbonyl (C=O) groups is 1. The fraction of sp³-hybridized carbons (Fsp3) is 0.286. The Kier molecular flexibility index (Phi) is 2.83. The van der Waals surface area contributed by atoms with Crippen LogP contribution >= 0.6 is 22.7 Å². The minimum Gasteiger partial charge on any atom is -0.296 e. The van der Waals surface area contributed by atoms with Gasteiger partial charge in [-0.15, -0.1) is 22.7 Å². The molecular weight excluding hydrogens is 276 g/mol. The van der Waals surface area contributed by atoms with Crippen LogP contribution in [0.1, 0.15) is 37.0 Å². The van der Waals surface area contributed by atoms with Crippen LogP contribution in [0.3, 0.4) is 0 Å². The van der Waals surface area contributed by atoms with Crippen LogP contribution in [0.25, 0.3) is 15.5 Å². The molecule has 0 saturated heterocycles. The van der Waals surface area contributed by atoms with Gasteiger partial charge in [0.05, 0.1) is 4.88 Å². The topological polar surface area (TPSA) is 34.4 Å². The molecule has 19 heavy (non-hydrogen) atoms. The molecule has 0 amide bonds. The number of hydrogen-bond donors (Lipinski definition) is 0. The molecule has 3 aromatic rings. The Balaban J connectivity index is 2.33. The maximum absolute atomic E-state index is 11.5. The summed E-state index contributed by atoms with van der Waals surface area (Å²) < 4.78 is 1.99. The van der Waals surface area contributed by atoms with Gasteiger partial charge in [0.1, 0.15) is 11.4 Å². The second-order valence-corrected chi connectivity index (χ2v) is 7.21. The number of thiophene rings is 1. The number of thiazole rings is 1. The molecule has 3 aromatic heterocycles. The molecule has 98 valence electrons. The van der Waals surface area contributed by atoms with Crippen molar-refractivity contribution in [1.82, 2.24) is 9.38 Å². The lowest BCUT2D eigenvalue weighted by Gasteiger charge is -2.17. The summed E-state index contributed by atoms with van der Waals surface area (Å²) >= 11 is 3.19. The summed E-state index contributed by atoms with van der Waals surface area (Å²) in [6.45, 7) is 6.44. The molecule has 0 aliphatic heterocycles. The number of imidazole rings is 1. The minimum absolute atomic E-state index is 0.0105. The van der Waals surface area contributed by atoms with E-state index in [1.807, 2.05) is 21.9 Å². The molecule has 0 N–H and O–H groups in total. The first-order valence-electron chi connectivity index (χ1n) is 6.02. The average Bonchev–Trinajstić information content (AvgIpc) is 3.02. The van der Waals surface area contributed by atoms with Crippen LogP contribution in [0.2, 0.25) is 0 Å². The molecule has 3 heterocycles. The highest BCUT2D eigenvalue weighted by Gasteiger charge is 2.24. The van der Waals surface area contributed by atoms with E-state index in [2.05, 4.69) is 31.1 Å². The molecule has 5 heteroatoms. The molecule has 0 fully saturated rings. The predicted octanol–water partition coefficient (Wildman–Crippen LogP) is 4.23. The molecule has 3 rings (SSSR count). The zero-order valence-electron chi connectivity index (χ0n) is 11.0. The number of aldehydes is 1. The van der Waals surface area contributed by atoms with Gasteiger partial charge in [-0.05, 0) is 11.4 Å². The van der Waals surface area contributed by atoms with Crippen LogP contribution in [0.15, 0.2) is 22.9 Å². The van der Waals surface area contributed by atoms with Crippen molar-refractivity contribution in [3.8, 4) is 10.6 Å². The molecule has 3 nitrogen and oxygen atoms in total. The first kappa shape index (κ1) is 12.6. The third kappa shape index (κ3) is 1.93. The van der Waals surface area contributed by atoms with E-state index in [1.165, 1.54) is 0 Å². The number of fused-ring (bicyclic) bond motifs is 1. The summed E-state index contributed by atoms with van der Waals surface area (Å²) in [7, 11) is 0. The lowest BCUT2D eigenvalue weighted by molar-refractivity contribution is 0.111. The summed E-state index contributed by atoms with van der Waals surface area (Å²) in [4.78, 5) is 18.1. The van der Waals surface area contributed by atoms with Gasteiger partial charge in [-0.3, -0.25) is 9.20 Å². The lowest BCUT2D eigenvalue weighted by atomic mass is 9.93. The Hall–Kier alpha value is -1.46. The first-order valence-corrected chi connectivity index (χ1v) is 7.78. The van der Waals surface area contributed by atoms with Gasteiger partial charge in [0.25, 0.3) is 0 Å². The lowest BCUT2D eigenvalue weighted by Crippen LogP contribution is -2.15. The molecule has 0 bridgehead atoms. The van der Waals surface area contributed by atoms with Crippen LogP contribution in [0.4, 0.5) is 0 Å². The Morgan fingerprint density at radius 3 is 2.68 bits per heavy atom. The van der Waals surface area contributed by atoms with E-state index in [-0.39, 0.29) is 5.41 Å².